The summed E-state index contributed by atoms with van der Waals surface area (Å²) in [6, 6.07) is 11.0. The van der Waals surface area contributed by atoms with Crippen molar-refractivity contribution in [1.29, 1.82) is 0 Å². The first-order chi connectivity index (χ1) is 10.4. The second-order valence-corrected chi connectivity index (χ2v) is 5.97. The number of rotatable bonds is 1. The summed E-state index contributed by atoms with van der Waals surface area (Å²) in [5, 5.41) is 3.49. The highest BCUT2D eigenvalue weighted by atomic mass is 16.5. The van der Waals surface area contributed by atoms with Crippen LogP contribution in [0.15, 0.2) is 36.5 Å². The number of hydrogen-bond donors (Lipinski definition) is 1. The molecule has 3 nitrogen and oxygen atoms in total. The van der Waals surface area contributed by atoms with Crippen LogP contribution in [-0.2, 0) is 17.6 Å². The van der Waals surface area contributed by atoms with Crippen molar-refractivity contribution in [3.05, 3.63) is 53.2 Å². The van der Waals surface area contributed by atoms with Crippen LogP contribution < -0.4 is 5.32 Å². The largest absolute Gasteiger partial charge is 0.381 e. The van der Waals surface area contributed by atoms with Gasteiger partial charge in [-0.1, -0.05) is 18.2 Å². The number of aryl methyl sites for hydroxylation is 2. The molecular weight excluding hydrogens is 260 g/mol. The van der Waals surface area contributed by atoms with Gasteiger partial charge in [0.05, 0.1) is 6.61 Å². The number of fused-ring (bicyclic) bond motifs is 2. The molecular formula is C18H20N2O. The van der Waals surface area contributed by atoms with E-state index < -0.39 is 0 Å². The van der Waals surface area contributed by atoms with E-state index in [1.807, 2.05) is 12.3 Å². The molecule has 1 aromatic carbocycles. The number of nitrogens with one attached hydrogen (secondary N) is 1. The van der Waals surface area contributed by atoms with E-state index in [4.69, 9.17) is 4.74 Å². The van der Waals surface area contributed by atoms with Crippen LogP contribution in [0.5, 0.6) is 0 Å². The molecule has 2 aliphatic rings. The average Bonchev–Trinajstić information content (AvgIpc) is 2.74. The van der Waals surface area contributed by atoms with Crippen molar-refractivity contribution in [3.63, 3.8) is 0 Å². The van der Waals surface area contributed by atoms with E-state index >= 15 is 0 Å². The van der Waals surface area contributed by atoms with Gasteiger partial charge in [-0.3, -0.25) is 0 Å². The number of pyridine rings is 1. The Balaban J connectivity index is 1.64. The highest BCUT2D eigenvalue weighted by molar-refractivity contribution is 5.65. The average molecular weight is 280 g/mol. The van der Waals surface area contributed by atoms with E-state index in [0.717, 1.165) is 31.9 Å². The zero-order chi connectivity index (χ0) is 14.1. The molecule has 4 rings (SSSR count). The third kappa shape index (κ3) is 2.54. The van der Waals surface area contributed by atoms with E-state index in [-0.39, 0.29) is 0 Å². The lowest BCUT2D eigenvalue weighted by Gasteiger charge is -2.23. The molecule has 21 heavy (non-hydrogen) atoms. The van der Waals surface area contributed by atoms with Crippen molar-refractivity contribution in [3.8, 4) is 0 Å². The van der Waals surface area contributed by atoms with Crippen LogP contribution in [0, 0.1) is 0 Å². The van der Waals surface area contributed by atoms with Crippen LogP contribution in [-0.4, -0.2) is 18.2 Å². The van der Waals surface area contributed by atoms with Gasteiger partial charge in [-0.2, -0.15) is 0 Å². The van der Waals surface area contributed by atoms with Gasteiger partial charge in [-0.15, -0.1) is 0 Å². The number of anilines is 2. The Labute approximate surface area is 125 Å². The summed E-state index contributed by atoms with van der Waals surface area (Å²) in [4.78, 5) is 4.46. The fourth-order valence-electron chi connectivity index (χ4n) is 3.35. The fourth-order valence-corrected chi connectivity index (χ4v) is 3.35. The third-order valence-corrected chi connectivity index (χ3v) is 4.57. The molecule has 108 valence electrons. The molecule has 1 N–H and O–H groups in total. The lowest BCUT2D eigenvalue weighted by atomic mass is 9.91. The first-order valence-electron chi connectivity index (χ1n) is 7.81. The summed E-state index contributed by atoms with van der Waals surface area (Å²) in [7, 11) is 0. The Morgan fingerprint density at radius 2 is 2.10 bits per heavy atom. The zero-order valence-electron chi connectivity index (χ0n) is 12.1. The summed E-state index contributed by atoms with van der Waals surface area (Å²) in [6.45, 7) is 1.79. The van der Waals surface area contributed by atoms with Gasteiger partial charge in [0, 0.05) is 24.4 Å². The smallest absolute Gasteiger partial charge is 0.133 e. The van der Waals surface area contributed by atoms with Gasteiger partial charge in [0.15, 0.2) is 0 Å². The first kappa shape index (κ1) is 12.8. The van der Waals surface area contributed by atoms with Crippen molar-refractivity contribution in [1.82, 2.24) is 4.98 Å². The molecule has 1 unspecified atom stereocenters. The normalized spacial score (nSPS) is 20.9. The summed E-state index contributed by atoms with van der Waals surface area (Å²) < 4.78 is 5.63. The van der Waals surface area contributed by atoms with Crippen LogP contribution in [0.25, 0.3) is 0 Å². The van der Waals surface area contributed by atoms with Crippen LogP contribution in [0.2, 0.25) is 0 Å². The minimum absolute atomic E-state index is 0.563. The summed E-state index contributed by atoms with van der Waals surface area (Å²) >= 11 is 0. The lowest BCUT2D eigenvalue weighted by Crippen LogP contribution is -2.15. The topological polar surface area (TPSA) is 34.1 Å². The van der Waals surface area contributed by atoms with Gasteiger partial charge in [0.2, 0.25) is 0 Å². The van der Waals surface area contributed by atoms with Crippen molar-refractivity contribution in [2.75, 3.05) is 18.5 Å². The van der Waals surface area contributed by atoms with Gasteiger partial charge in [0.1, 0.15) is 5.82 Å². The second-order valence-electron chi connectivity index (χ2n) is 5.97. The number of aromatic nitrogens is 1. The predicted molar refractivity (Wildman–Crippen MR) is 84.2 cm³/mol. The van der Waals surface area contributed by atoms with Crippen molar-refractivity contribution < 1.29 is 4.74 Å². The molecule has 3 heteroatoms. The molecule has 2 aliphatic heterocycles. The molecule has 2 aromatic rings. The molecule has 1 fully saturated rings. The standard InChI is InChI=1S/C18H20N2O/c1-3-13-5-6-15-11-14(16-4-2-10-21-12-16)7-8-17(15)20-18(13)19-9-1/h1,3,7-9,11,16H,2,4-6,10,12H2,(H,19,20). The Bertz CT molecular complexity index is 647. The summed E-state index contributed by atoms with van der Waals surface area (Å²) in [5.41, 5.74) is 5.33. The predicted octanol–water partition coefficient (Wildman–Crippen LogP) is 3.82. The molecule has 1 aromatic heterocycles. The van der Waals surface area contributed by atoms with Crippen molar-refractivity contribution in [2.24, 2.45) is 0 Å². The van der Waals surface area contributed by atoms with Gasteiger partial charge < -0.3 is 10.1 Å². The summed E-state index contributed by atoms with van der Waals surface area (Å²) in [5.74, 6) is 1.57. The Morgan fingerprint density at radius 3 is 3.00 bits per heavy atom. The first-order valence-corrected chi connectivity index (χ1v) is 7.81. The molecule has 0 aliphatic carbocycles. The Kier molecular flexibility index (Phi) is 3.36. The number of benzene rings is 1. The second kappa shape index (κ2) is 5.49. The maximum atomic E-state index is 5.63. The van der Waals surface area contributed by atoms with Crippen LogP contribution >= 0.6 is 0 Å². The molecule has 0 radical (unpaired) electrons. The van der Waals surface area contributed by atoms with Crippen LogP contribution in [0.1, 0.15) is 35.4 Å². The van der Waals surface area contributed by atoms with E-state index in [2.05, 4.69) is 34.6 Å². The van der Waals surface area contributed by atoms with Crippen molar-refractivity contribution in [2.45, 2.75) is 31.6 Å². The van der Waals surface area contributed by atoms with E-state index in [0.29, 0.717) is 5.92 Å². The van der Waals surface area contributed by atoms with Crippen molar-refractivity contribution >= 4 is 11.5 Å². The molecule has 3 heterocycles. The summed E-state index contributed by atoms with van der Waals surface area (Å²) in [6.07, 6.45) is 6.39. The monoisotopic (exact) mass is 280 g/mol. The van der Waals surface area contributed by atoms with Gasteiger partial charge in [-0.25, -0.2) is 4.98 Å². The lowest BCUT2D eigenvalue weighted by molar-refractivity contribution is 0.0804. The Hall–Kier alpha value is -1.87. The zero-order valence-corrected chi connectivity index (χ0v) is 12.1. The molecule has 0 bridgehead atoms. The Morgan fingerprint density at radius 1 is 1.14 bits per heavy atom. The van der Waals surface area contributed by atoms with E-state index in [9.17, 15) is 0 Å². The molecule has 1 saturated heterocycles. The third-order valence-electron chi connectivity index (χ3n) is 4.57. The minimum Gasteiger partial charge on any atom is -0.381 e. The fraction of sp³-hybridized carbons (Fsp3) is 0.389. The van der Waals surface area contributed by atoms with Gasteiger partial charge >= 0.3 is 0 Å². The van der Waals surface area contributed by atoms with E-state index in [1.165, 1.54) is 35.2 Å². The highest BCUT2D eigenvalue weighted by Gasteiger charge is 2.19. The highest BCUT2D eigenvalue weighted by Crippen LogP contribution is 2.32. The molecule has 1 atom stereocenters. The van der Waals surface area contributed by atoms with Crippen LogP contribution in [0.3, 0.4) is 0 Å². The van der Waals surface area contributed by atoms with E-state index in [1.54, 1.807) is 0 Å². The number of nitrogens with zero attached hydrogens (tertiary/aromatic N) is 1. The quantitative estimate of drug-likeness (QED) is 0.862. The van der Waals surface area contributed by atoms with Gasteiger partial charge in [-0.05, 0) is 54.5 Å². The maximum absolute atomic E-state index is 5.63. The number of ether oxygens (including phenoxy) is 1. The number of hydrogen-bond acceptors (Lipinski definition) is 3. The molecule has 0 spiro atoms. The minimum atomic E-state index is 0.563. The maximum Gasteiger partial charge on any atom is 0.133 e. The molecule has 0 saturated carbocycles. The van der Waals surface area contributed by atoms with Crippen LogP contribution in [0.4, 0.5) is 11.5 Å². The van der Waals surface area contributed by atoms with Gasteiger partial charge in [0.25, 0.3) is 0 Å². The SMILES string of the molecule is c1cnc2c(c1)CCc1cc(C3CCCOC3)ccc1N2. The molecule has 0 amide bonds.